The smallest absolute Gasteiger partial charge is 0.228 e. The molecule has 2 aliphatic rings. The molecule has 0 saturated carbocycles. The van der Waals surface area contributed by atoms with Gasteiger partial charge in [0.1, 0.15) is 0 Å². The Morgan fingerprint density at radius 1 is 1.25 bits per heavy atom. The van der Waals surface area contributed by atoms with Gasteiger partial charge < -0.3 is 15.1 Å². The van der Waals surface area contributed by atoms with Crippen LogP contribution in [0.4, 0.5) is 5.69 Å². The van der Waals surface area contributed by atoms with Crippen molar-refractivity contribution in [2.24, 2.45) is 5.92 Å². The van der Waals surface area contributed by atoms with Crippen LogP contribution in [-0.2, 0) is 9.59 Å². The fraction of sp³-hybridized carbons (Fsp3) is 0.579. The summed E-state index contributed by atoms with van der Waals surface area (Å²) in [6, 6.07) is 6.29. The van der Waals surface area contributed by atoms with Crippen molar-refractivity contribution in [3.8, 4) is 0 Å². The maximum Gasteiger partial charge on any atom is 0.228 e. The number of carbonyl (C=O) groups is 2. The molecule has 130 valence electrons. The van der Waals surface area contributed by atoms with E-state index in [0.717, 1.165) is 37.2 Å². The highest BCUT2D eigenvalue weighted by molar-refractivity contribution is 6.00. The first-order valence-electron chi connectivity index (χ1n) is 8.83. The van der Waals surface area contributed by atoms with Gasteiger partial charge in [-0.1, -0.05) is 12.1 Å². The molecule has 2 heterocycles. The summed E-state index contributed by atoms with van der Waals surface area (Å²) in [7, 11) is 1.89. The lowest BCUT2D eigenvalue weighted by molar-refractivity contribution is -0.137. The number of nitrogens with one attached hydrogen (secondary N) is 1. The number of rotatable bonds is 3. The maximum atomic E-state index is 12.8. The van der Waals surface area contributed by atoms with Crippen LogP contribution in [0.1, 0.15) is 30.4 Å². The molecule has 2 saturated heterocycles. The number of hydrogen-bond acceptors (Lipinski definition) is 3. The van der Waals surface area contributed by atoms with E-state index in [2.05, 4.69) is 5.32 Å². The Kier molecular flexibility index (Phi) is 4.90. The topological polar surface area (TPSA) is 52.7 Å². The molecular formula is C19H27N3O2. The first-order chi connectivity index (χ1) is 11.5. The van der Waals surface area contributed by atoms with Crippen LogP contribution in [0.5, 0.6) is 0 Å². The monoisotopic (exact) mass is 329 g/mol. The molecule has 0 spiro atoms. The number of hydrogen-bond donors (Lipinski definition) is 1. The molecule has 1 unspecified atom stereocenters. The minimum Gasteiger partial charge on any atom is -0.342 e. The van der Waals surface area contributed by atoms with Crippen molar-refractivity contribution in [1.82, 2.24) is 10.2 Å². The summed E-state index contributed by atoms with van der Waals surface area (Å²) in [5.74, 6) is -0.0545. The van der Waals surface area contributed by atoms with Crippen LogP contribution in [0.15, 0.2) is 18.2 Å². The summed E-state index contributed by atoms with van der Waals surface area (Å²) < 4.78 is 0. The Bertz CT molecular complexity index is 637. The van der Waals surface area contributed by atoms with E-state index >= 15 is 0 Å². The van der Waals surface area contributed by atoms with Crippen LogP contribution < -0.4 is 10.2 Å². The Labute approximate surface area is 144 Å². The second-order valence-corrected chi connectivity index (χ2v) is 7.05. The van der Waals surface area contributed by atoms with Gasteiger partial charge in [0.2, 0.25) is 11.8 Å². The largest absolute Gasteiger partial charge is 0.342 e. The lowest BCUT2D eigenvalue weighted by Gasteiger charge is -2.33. The van der Waals surface area contributed by atoms with Crippen molar-refractivity contribution in [3.63, 3.8) is 0 Å². The summed E-state index contributed by atoms with van der Waals surface area (Å²) >= 11 is 0. The molecule has 24 heavy (non-hydrogen) atoms. The zero-order valence-electron chi connectivity index (χ0n) is 14.8. The number of carbonyl (C=O) groups excluding carboxylic acids is 2. The molecule has 1 N–H and O–H groups in total. The number of nitrogens with zero attached hydrogens (tertiary/aromatic N) is 2. The average Bonchev–Trinajstić information content (AvgIpc) is 2.98. The van der Waals surface area contributed by atoms with Crippen LogP contribution in [0.2, 0.25) is 0 Å². The quantitative estimate of drug-likeness (QED) is 0.921. The molecule has 0 bridgehead atoms. The maximum absolute atomic E-state index is 12.8. The van der Waals surface area contributed by atoms with Crippen molar-refractivity contribution in [2.45, 2.75) is 39.2 Å². The zero-order valence-corrected chi connectivity index (χ0v) is 14.8. The molecule has 0 radical (unpaired) electrons. The molecule has 1 aromatic carbocycles. The van der Waals surface area contributed by atoms with E-state index in [4.69, 9.17) is 0 Å². The average molecular weight is 329 g/mol. The van der Waals surface area contributed by atoms with Gasteiger partial charge in [-0.25, -0.2) is 0 Å². The van der Waals surface area contributed by atoms with Gasteiger partial charge in [-0.3, -0.25) is 9.59 Å². The molecule has 1 aromatic rings. The van der Waals surface area contributed by atoms with Crippen LogP contribution in [-0.4, -0.2) is 49.4 Å². The Morgan fingerprint density at radius 2 is 1.96 bits per heavy atom. The fourth-order valence-electron chi connectivity index (χ4n) is 3.80. The van der Waals surface area contributed by atoms with Crippen molar-refractivity contribution >= 4 is 17.5 Å². The standard InChI is InChI=1S/C19H27N3O2/c1-13-5-4-6-17(14(13)2)22-12-15(11-18(22)23)19(24)21(3)16-7-9-20-10-8-16/h4-6,15-16,20H,7-12H2,1-3H3. The summed E-state index contributed by atoms with van der Waals surface area (Å²) in [5.41, 5.74) is 3.23. The molecule has 5 nitrogen and oxygen atoms in total. The summed E-state index contributed by atoms with van der Waals surface area (Å²) in [5, 5.41) is 3.32. The lowest BCUT2D eigenvalue weighted by atomic mass is 10.0. The third kappa shape index (κ3) is 3.18. The van der Waals surface area contributed by atoms with Crippen LogP contribution in [0.3, 0.4) is 0 Å². The normalized spacial score (nSPS) is 22.0. The minimum absolute atomic E-state index is 0.0563. The SMILES string of the molecule is Cc1cccc(N2CC(C(=O)N(C)C3CCNCC3)CC2=O)c1C. The van der Waals surface area contributed by atoms with Crippen LogP contribution in [0, 0.1) is 19.8 Å². The number of amides is 2. The van der Waals surface area contributed by atoms with E-state index in [1.807, 2.05) is 44.0 Å². The van der Waals surface area contributed by atoms with Gasteiger partial charge in [0.15, 0.2) is 0 Å². The minimum atomic E-state index is -0.225. The van der Waals surface area contributed by atoms with E-state index in [0.29, 0.717) is 19.0 Å². The predicted octanol–water partition coefficient (Wildman–Crippen LogP) is 1.87. The van der Waals surface area contributed by atoms with E-state index in [1.54, 1.807) is 4.90 Å². The Morgan fingerprint density at radius 3 is 2.67 bits per heavy atom. The Balaban J connectivity index is 1.72. The van der Waals surface area contributed by atoms with E-state index in [1.165, 1.54) is 5.56 Å². The van der Waals surface area contributed by atoms with Crippen molar-refractivity contribution in [3.05, 3.63) is 29.3 Å². The second-order valence-electron chi connectivity index (χ2n) is 7.05. The third-order valence-corrected chi connectivity index (χ3v) is 5.55. The molecule has 0 aromatic heterocycles. The molecule has 0 aliphatic carbocycles. The van der Waals surface area contributed by atoms with E-state index in [-0.39, 0.29) is 17.7 Å². The van der Waals surface area contributed by atoms with Gasteiger partial charge in [-0.15, -0.1) is 0 Å². The molecule has 5 heteroatoms. The predicted molar refractivity (Wildman–Crippen MR) is 95.0 cm³/mol. The molecule has 3 rings (SSSR count). The van der Waals surface area contributed by atoms with Gasteiger partial charge in [0, 0.05) is 31.7 Å². The number of anilines is 1. The highest BCUT2D eigenvalue weighted by atomic mass is 16.2. The van der Waals surface area contributed by atoms with Gasteiger partial charge in [0.25, 0.3) is 0 Å². The first kappa shape index (κ1) is 17.0. The van der Waals surface area contributed by atoms with E-state index in [9.17, 15) is 9.59 Å². The molecule has 1 atom stereocenters. The highest BCUT2D eigenvalue weighted by Crippen LogP contribution is 2.30. The summed E-state index contributed by atoms with van der Waals surface area (Å²) in [6.07, 6.45) is 2.30. The molecular weight excluding hydrogens is 302 g/mol. The van der Waals surface area contributed by atoms with Crippen molar-refractivity contribution in [2.75, 3.05) is 31.6 Å². The van der Waals surface area contributed by atoms with E-state index < -0.39 is 0 Å². The number of aryl methyl sites for hydroxylation is 1. The lowest BCUT2D eigenvalue weighted by Crippen LogP contribution is -2.46. The molecule has 2 fully saturated rings. The molecule has 2 amide bonds. The van der Waals surface area contributed by atoms with Gasteiger partial charge in [0.05, 0.1) is 5.92 Å². The fourth-order valence-corrected chi connectivity index (χ4v) is 3.80. The second kappa shape index (κ2) is 6.93. The van der Waals surface area contributed by atoms with Gasteiger partial charge in [-0.05, 0) is 57.0 Å². The third-order valence-electron chi connectivity index (χ3n) is 5.55. The number of benzene rings is 1. The number of piperidine rings is 1. The molecule has 2 aliphatic heterocycles. The van der Waals surface area contributed by atoms with Crippen LogP contribution >= 0.6 is 0 Å². The van der Waals surface area contributed by atoms with Crippen LogP contribution in [0.25, 0.3) is 0 Å². The Hall–Kier alpha value is -1.88. The summed E-state index contributed by atoms with van der Waals surface area (Å²) in [4.78, 5) is 29.0. The van der Waals surface area contributed by atoms with Crippen molar-refractivity contribution in [1.29, 1.82) is 0 Å². The van der Waals surface area contributed by atoms with Gasteiger partial charge in [-0.2, -0.15) is 0 Å². The zero-order chi connectivity index (χ0) is 17.3. The highest BCUT2D eigenvalue weighted by Gasteiger charge is 2.38. The first-order valence-corrected chi connectivity index (χ1v) is 8.83. The van der Waals surface area contributed by atoms with Gasteiger partial charge >= 0.3 is 0 Å². The van der Waals surface area contributed by atoms with Crippen molar-refractivity contribution < 1.29 is 9.59 Å². The summed E-state index contributed by atoms with van der Waals surface area (Å²) in [6.45, 7) is 6.50.